The first kappa shape index (κ1) is 22.2. The summed E-state index contributed by atoms with van der Waals surface area (Å²) in [6, 6.07) is 14.6. The number of hydrogen-bond acceptors (Lipinski definition) is 6. The maximum atomic E-state index is 13.2. The van der Waals surface area contributed by atoms with Gasteiger partial charge in [-0.2, -0.15) is 5.26 Å². The average molecular weight is 422 g/mol. The van der Waals surface area contributed by atoms with E-state index in [4.69, 9.17) is 4.74 Å². The van der Waals surface area contributed by atoms with E-state index < -0.39 is 18.2 Å². The molecule has 2 heterocycles. The number of nitrogens with zero attached hydrogens (tertiary/aromatic N) is 4. The molecule has 1 aliphatic heterocycles. The Kier molecular flexibility index (Phi) is 7.57. The number of amides is 2. The molecule has 0 saturated carbocycles. The van der Waals surface area contributed by atoms with Crippen LogP contribution in [0.15, 0.2) is 48.7 Å². The third-order valence-corrected chi connectivity index (χ3v) is 5.51. The fourth-order valence-electron chi connectivity index (χ4n) is 3.81. The third-order valence-electron chi connectivity index (χ3n) is 5.51. The van der Waals surface area contributed by atoms with Crippen molar-refractivity contribution in [3.63, 3.8) is 0 Å². The first-order valence-corrected chi connectivity index (χ1v) is 10.3. The van der Waals surface area contributed by atoms with Crippen LogP contribution in [0.2, 0.25) is 0 Å². The number of rotatable bonds is 6. The summed E-state index contributed by atoms with van der Waals surface area (Å²) >= 11 is 0. The number of nitriles is 1. The molecule has 0 spiro atoms. The molecule has 1 aromatic heterocycles. The van der Waals surface area contributed by atoms with Crippen molar-refractivity contribution in [2.24, 2.45) is 0 Å². The molecule has 1 fully saturated rings. The molecule has 0 aliphatic carbocycles. The number of hydrogen-bond donors (Lipinski definition) is 1. The van der Waals surface area contributed by atoms with Crippen molar-refractivity contribution in [3.8, 4) is 6.07 Å². The molecule has 3 rings (SSSR count). The van der Waals surface area contributed by atoms with Crippen molar-refractivity contribution in [3.05, 3.63) is 65.5 Å². The van der Waals surface area contributed by atoms with Crippen LogP contribution in [0.5, 0.6) is 0 Å². The van der Waals surface area contributed by atoms with Gasteiger partial charge in [0.15, 0.2) is 0 Å². The highest BCUT2D eigenvalue weighted by Gasteiger charge is 2.32. The standard InChI is InChI=1S/C23H27N5O3/c1-17-19(9-6-10-25-17)21(16-24)27-11-13-28(14-12-27)22(29)20(26-23(30)31-2)15-18-7-4-3-5-8-18/h3-10,20-21H,11-15H2,1-2H3,(H,26,30)/t20-,21?/m0/s1. The summed E-state index contributed by atoms with van der Waals surface area (Å²) in [7, 11) is 1.28. The predicted molar refractivity (Wildman–Crippen MR) is 115 cm³/mol. The van der Waals surface area contributed by atoms with E-state index in [9.17, 15) is 14.9 Å². The molecule has 2 aromatic rings. The molecule has 1 aliphatic rings. The first-order chi connectivity index (χ1) is 15.0. The number of alkyl carbamates (subject to hydrolysis) is 1. The topological polar surface area (TPSA) is 98.6 Å². The maximum Gasteiger partial charge on any atom is 0.407 e. The highest BCUT2D eigenvalue weighted by Crippen LogP contribution is 2.23. The molecular formula is C23H27N5O3. The van der Waals surface area contributed by atoms with E-state index in [0.717, 1.165) is 16.8 Å². The molecule has 31 heavy (non-hydrogen) atoms. The van der Waals surface area contributed by atoms with Crippen LogP contribution < -0.4 is 5.32 Å². The highest BCUT2D eigenvalue weighted by molar-refractivity contribution is 5.86. The van der Waals surface area contributed by atoms with E-state index in [2.05, 4.69) is 21.3 Å². The first-order valence-electron chi connectivity index (χ1n) is 10.3. The molecule has 1 unspecified atom stereocenters. The van der Waals surface area contributed by atoms with Crippen LogP contribution in [-0.4, -0.2) is 66.1 Å². The number of piperazine rings is 1. The molecular weight excluding hydrogens is 394 g/mol. The Labute approximate surface area is 182 Å². The zero-order chi connectivity index (χ0) is 22.2. The molecule has 0 bridgehead atoms. The molecule has 2 amide bonds. The van der Waals surface area contributed by atoms with Crippen LogP contribution in [-0.2, 0) is 16.0 Å². The SMILES string of the molecule is COC(=O)N[C@@H](Cc1ccccc1)C(=O)N1CCN(C(C#N)c2cccnc2C)CC1. The quantitative estimate of drug-likeness (QED) is 0.767. The van der Waals surface area contributed by atoms with Gasteiger partial charge in [0.05, 0.1) is 13.2 Å². The average Bonchev–Trinajstić information content (AvgIpc) is 2.81. The molecule has 8 nitrogen and oxygen atoms in total. The van der Waals surface area contributed by atoms with Gasteiger partial charge in [0, 0.05) is 50.1 Å². The van der Waals surface area contributed by atoms with Gasteiger partial charge in [0.2, 0.25) is 5.91 Å². The van der Waals surface area contributed by atoms with E-state index in [1.54, 1.807) is 11.1 Å². The van der Waals surface area contributed by atoms with Gasteiger partial charge in [0.25, 0.3) is 0 Å². The van der Waals surface area contributed by atoms with Gasteiger partial charge in [-0.15, -0.1) is 0 Å². The monoisotopic (exact) mass is 421 g/mol. The number of nitrogens with one attached hydrogen (secondary N) is 1. The summed E-state index contributed by atoms with van der Waals surface area (Å²) in [5.41, 5.74) is 2.67. The van der Waals surface area contributed by atoms with Gasteiger partial charge in [-0.3, -0.25) is 14.7 Å². The lowest BCUT2D eigenvalue weighted by Gasteiger charge is -2.38. The largest absolute Gasteiger partial charge is 0.453 e. The zero-order valence-electron chi connectivity index (χ0n) is 17.8. The van der Waals surface area contributed by atoms with Crippen LogP contribution in [0.4, 0.5) is 4.79 Å². The van der Waals surface area contributed by atoms with E-state index in [1.807, 2.05) is 49.4 Å². The van der Waals surface area contributed by atoms with Crippen LogP contribution >= 0.6 is 0 Å². The Balaban J connectivity index is 1.67. The van der Waals surface area contributed by atoms with Gasteiger partial charge in [-0.1, -0.05) is 36.4 Å². The summed E-state index contributed by atoms with van der Waals surface area (Å²) in [4.78, 5) is 33.1. The normalized spacial score (nSPS) is 16.1. The van der Waals surface area contributed by atoms with Gasteiger partial charge >= 0.3 is 6.09 Å². The van der Waals surface area contributed by atoms with Crippen LogP contribution in [0.3, 0.4) is 0 Å². The number of aryl methyl sites for hydroxylation is 1. The van der Waals surface area contributed by atoms with Crippen LogP contribution in [0.25, 0.3) is 0 Å². The fourth-order valence-corrected chi connectivity index (χ4v) is 3.81. The van der Waals surface area contributed by atoms with Crippen molar-refractivity contribution < 1.29 is 14.3 Å². The third kappa shape index (κ3) is 5.58. The second-order valence-corrected chi connectivity index (χ2v) is 7.45. The molecule has 162 valence electrons. The smallest absolute Gasteiger partial charge is 0.407 e. The molecule has 8 heteroatoms. The van der Waals surface area contributed by atoms with Crippen LogP contribution in [0.1, 0.15) is 22.9 Å². The van der Waals surface area contributed by atoms with Gasteiger partial charge in [-0.05, 0) is 18.6 Å². The van der Waals surface area contributed by atoms with Crippen molar-refractivity contribution in [2.75, 3.05) is 33.3 Å². The van der Waals surface area contributed by atoms with Crippen molar-refractivity contribution in [1.29, 1.82) is 5.26 Å². The highest BCUT2D eigenvalue weighted by atomic mass is 16.5. The number of carbonyl (C=O) groups is 2. The molecule has 0 radical (unpaired) electrons. The van der Waals surface area contributed by atoms with Crippen molar-refractivity contribution in [1.82, 2.24) is 20.1 Å². The van der Waals surface area contributed by atoms with E-state index >= 15 is 0 Å². The molecule has 2 atom stereocenters. The lowest BCUT2D eigenvalue weighted by molar-refractivity contribution is -0.135. The summed E-state index contributed by atoms with van der Waals surface area (Å²) < 4.78 is 4.71. The van der Waals surface area contributed by atoms with Crippen molar-refractivity contribution in [2.45, 2.75) is 25.4 Å². The van der Waals surface area contributed by atoms with Crippen LogP contribution in [0, 0.1) is 18.3 Å². The minimum Gasteiger partial charge on any atom is -0.453 e. The molecule has 1 N–H and O–H groups in total. The van der Waals surface area contributed by atoms with E-state index in [-0.39, 0.29) is 5.91 Å². The van der Waals surface area contributed by atoms with E-state index in [1.165, 1.54) is 7.11 Å². The van der Waals surface area contributed by atoms with Gasteiger partial charge in [0.1, 0.15) is 12.1 Å². The summed E-state index contributed by atoms with van der Waals surface area (Å²) in [6.45, 7) is 3.98. The predicted octanol–water partition coefficient (Wildman–Crippen LogP) is 2.07. The Morgan fingerprint density at radius 2 is 1.87 bits per heavy atom. The lowest BCUT2D eigenvalue weighted by atomic mass is 10.0. The summed E-state index contributed by atoms with van der Waals surface area (Å²) in [5, 5.41) is 12.4. The van der Waals surface area contributed by atoms with E-state index in [0.29, 0.717) is 32.6 Å². The Morgan fingerprint density at radius 1 is 1.16 bits per heavy atom. The Hall–Kier alpha value is -3.44. The lowest BCUT2D eigenvalue weighted by Crippen LogP contribution is -2.55. The van der Waals surface area contributed by atoms with Gasteiger partial charge < -0.3 is 15.0 Å². The number of aromatic nitrogens is 1. The second-order valence-electron chi connectivity index (χ2n) is 7.45. The summed E-state index contributed by atoms with van der Waals surface area (Å²) in [6.07, 6.45) is 1.46. The fraction of sp³-hybridized carbons (Fsp3) is 0.391. The summed E-state index contributed by atoms with van der Waals surface area (Å²) in [5.74, 6) is -0.153. The minimum absolute atomic E-state index is 0.153. The number of ether oxygens (including phenoxy) is 1. The number of methoxy groups -OCH3 is 1. The number of benzene rings is 1. The Bertz CT molecular complexity index is 936. The molecule has 1 aromatic carbocycles. The Morgan fingerprint density at radius 3 is 2.48 bits per heavy atom. The number of carbonyl (C=O) groups excluding carboxylic acids is 2. The van der Waals surface area contributed by atoms with Crippen molar-refractivity contribution >= 4 is 12.0 Å². The minimum atomic E-state index is -0.714. The maximum absolute atomic E-state index is 13.2. The van der Waals surface area contributed by atoms with Gasteiger partial charge in [-0.25, -0.2) is 4.79 Å². The number of pyridine rings is 1. The zero-order valence-corrected chi connectivity index (χ0v) is 17.8. The molecule has 1 saturated heterocycles. The second kappa shape index (κ2) is 10.5.